The third-order valence-electron chi connectivity index (χ3n) is 5.53. The molecule has 0 bridgehead atoms. The molecule has 2 atom stereocenters. The molecule has 1 saturated heterocycles. The second-order valence-corrected chi connectivity index (χ2v) is 9.01. The minimum Gasteiger partial charge on any atom is -0.497 e. The first kappa shape index (κ1) is 25.9. The van der Waals surface area contributed by atoms with E-state index in [-0.39, 0.29) is 13.2 Å². The third kappa shape index (κ3) is 8.85. The highest BCUT2D eigenvalue weighted by Crippen LogP contribution is 2.27. The number of aliphatic hydroxyl groups excluding tert-OH is 2. The SMILES string of the molecule is COc1ccc(OC[C@H](O)CNC2CCN(C[C@H](O)COc3ccc(Cl)cc3Cl)CC2)cc1. The average Bonchev–Trinajstić information content (AvgIpc) is 2.82. The molecular formula is C24H32Cl2N2O5. The monoisotopic (exact) mass is 498 g/mol. The van der Waals surface area contributed by atoms with Crippen LogP contribution >= 0.6 is 23.2 Å². The average molecular weight is 499 g/mol. The topological polar surface area (TPSA) is 83.4 Å². The summed E-state index contributed by atoms with van der Waals surface area (Å²) >= 11 is 12.0. The van der Waals surface area contributed by atoms with E-state index in [2.05, 4.69) is 10.2 Å². The molecule has 2 aromatic carbocycles. The van der Waals surface area contributed by atoms with E-state index >= 15 is 0 Å². The first-order valence-corrected chi connectivity index (χ1v) is 11.8. The van der Waals surface area contributed by atoms with E-state index in [1.54, 1.807) is 25.3 Å². The maximum absolute atomic E-state index is 10.3. The van der Waals surface area contributed by atoms with Crippen LogP contribution in [0.3, 0.4) is 0 Å². The summed E-state index contributed by atoms with van der Waals surface area (Å²) in [6.45, 7) is 3.14. The largest absolute Gasteiger partial charge is 0.497 e. The Morgan fingerprint density at radius 3 is 2.30 bits per heavy atom. The van der Waals surface area contributed by atoms with Gasteiger partial charge in [-0.2, -0.15) is 0 Å². The number of halogens is 2. The summed E-state index contributed by atoms with van der Waals surface area (Å²) in [6.07, 6.45) is 0.688. The molecule has 1 aliphatic rings. The number of methoxy groups -OCH3 is 1. The second kappa shape index (κ2) is 13.2. The zero-order valence-corrected chi connectivity index (χ0v) is 20.3. The van der Waals surface area contributed by atoms with Crippen LogP contribution in [0, 0.1) is 0 Å². The standard InChI is InChI=1S/C24H32Cl2N2O5/c1-31-21-3-5-22(6-4-21)32-15-19(29)13-27-18-8-10-28(11-9-18)14-20(30)16-33-24-7-2-17(25)12-23(24)26/h2-7,12,18-20,27,29-30H,8-11,13-16H2,1H3/t19-,20+/m1/s1. The molecule has 1 aliphatic heterocycles. The molecule has 1 heterocycles. The van der Waals surface area contributed by atoms with Crippen LogP contribution in [0.2, 0.25) is 10.0 Å². The zero-order chi connectivity index (χ0) is 23.6. The lowest BCUT2D eigenvalue weighted by Crippen LogP contribution is -2.47. The summed E-state index contributed by atoms with van der Waals surface area (Å²) in [5.41, 5.74) is 0. The highest BCUT2D eigenvalue weighted by atomic mass is 35.5. The molecule has 0 aromatic heterocycles. The Kier molecular flexibility index (Phi) is 10.4. The molecular weight excluding hydrogens is 467 g/mol. The molecule has 9 heteroatoms. The first-order valence-electron chi connectivity index (χ1n) is 11.1. The third-order valence-corrected chi connectivity index (χ3v) is 6.06. The second-order valence-electron chi connectivity index (χ2n) is 8.16. The Bertz CT molecular complexity index is 847. The highest BCUT2D eigenvalue weighted by molar-refractivity contribution is 6.35. The van der Waals surface area contributed by atoms with Crippen LogP contribution in [0.5, 0.6) is 17.2 Å². The first-order chi connectivity index (χ1) is 15.9. The highest BCUT2D eigenvalue weighted by Gasteiger charge is 2.22. The quantitative estimate of drug-likeness (QED) is 0.414. The molecule has 0 amide bonds. The fourth-order valence-corrected chi connectivity index (χ4v) is 4.14. The van der Waals surface area contributed by atoms with Crippen molar-refractivity contribution in [1.82, 2.24) is 10.2 Å². The van der Waals surface area contributed by atoms with Crippen molar-refractivity contribution in [3.63, 3.8) is 0 Å². The number of likely N-dealkylation sites (tertiary alicyclic amines) is 1. The summed E-state index contributed by atoms with van der Waals surface area (Å²) in [4.78, 5) is 2.22. The van der Waals surface area contributed by atoms with Gasteiger partial charge in [-0.15, -0.1) is 0 Å². The van der Waals surface area contributed by atoms with Crippen molar-refractivity contribution in [3.05, 3.63) is 52.5 Å². The number of rotatable bonds is 12. The van der Waals surface area contributed by atoms with Crippen LogP contribution in [-0.2, 0) is 0 Å². The van der Waals surface area contributed by atoms with E-state index < -0.39 is 12.2 Å². The lowest BCUT2D eigenvalue weighted by atomic mass is 10.0. The molecule has 33 heavy (non-hydrogen) atoms. The van der Waals surface area contributed by atoms with Gasteiger partial charge < -0.3 is 34.6 Å². The van der Waals surface area contributed by atoms with Crippen LogP contribution in [0.4, 0.5) is 0 Å². The van der Waals surface area contributed by atoms with E-state index in [1.807, 2.05) is 24.3 Å². The van der Waals surface area contributed by atoms with Gasteiger partial charge in [0.15, 0.2) is 0 Å². The van der Waals surface area contributed by atoms with E-state index in [1.165, 1.54) is 0 Å². The predicted octanol–water partition coefficient (Wildman–Crippen LogP) is 3.24. The molecule has 0 aliphatic carbocycles. The molecule has 3 N–H and O–H groups in total. The molecule has 0 radical (unpaired) electrons. The van der Waals surface area contributed by atoms with Crippen molar-refractivity contribution in [2.45, 2.75) is 31.1 Å². The number of piperidine rings is 1. The Morgan fingerprint density at radius 1 is 0.970 bits per heavy atom. The predicted molar refractivity (Wildman–Crippen MR) is 130 cm³/mol. The van der Waals surface area contributed by atoms with Crippen LogP contribution in [0.1, 0.15) is 12.8 Å². The fraction of sp³-hybridized carbons (Fsp3) is 0.500. The Morgan fingerprint density at radius 2 is 1.64 bits per heavy atom. The molecule has 1 fully saturated rings. The molecule has 7 nitrogen and oxygen atoms in total. The lowest BCUT2D eigenvalue weighted by Gasteiger charge is -2.33. The van der Waals surface area contributed by atoms with Gasteiger partial charge in [-0.3, -0.25) is 0 Å². The smallest absolute Gasteiger partial charge is 0.138 e. The number of nitrogens with zero attached hydrogens (tertiary/aromatic N) is 1. The molecule has 3 rings (SSSR count). The normalized spacial score (nSPS) is 16.9. The van der Waals surface area contributed by atoms with Gasteiger partial charge in [-0.25, -0.2) is 0 Å². The van der Waals surface area contributed by atoms with E-state index in [4.69, 9.17) is 37.4 Å². The summed E-state index contributed by atoms with van der Waals surface area (Å²) in [7, 11) is 1.62. The molecule has 2 aromatic rings. The fourth-order valence-electron chi connectivity index (χ4n) is 3.67. The molecule has 0 saturated carbocycles. The maximum Gasteiger partial charge on any atom is 0.138 e. The van der Waals surface area contributed by atoms with Crippen LogP contribution in [0.15, 0.2) is 42.5 Å². The minimum absolute atomic E-state index is 0.167. The Balaban J connectivity index is 1.28. The van der Waals surface area contributed by atoms with E-state index in [0.29, 0.717) is 40.7 Å². The van der Waals surface area contributed by atoms with Gasteiger partial charge in [-0.05, 0) is 68.4 Å². The number of hydrogen-bond donors (Lipinski definition) is 3. The number of hydrogen-bond acceptors (Lipinski definition) is 7. The van der Waals surface area contributed by atoms with Crippen molar-refractivity contribution in [2.24, 2.45) is 0 Å². The van der Waals surface area contributed by atoms with Gasteiger partial charge in [-0.1, -0.05) is 23.2 Å². The van der Waals surface area contributed by atoms with Gasteiger partial charge >= 0.3 is 0 Å². The van der Waals surface area contributed by atoms with Crippen molar-refractivity contribution in [2.75, 3.05) is 46.5 Å². The number of nitrogens with one attached hydrogen (secondary N) is 1. The van der Waals surface area contributed by atoms with Crippen molar-refractivity contribution >= 4 is 23.2 Å². The van der Waals surface area contributed by atoms with Gasteiger partial charge in [0.05, 0.1) is 12.1 Å². The number of β-amino-alcohol motifs (C(OH)–C–C–N with tert-alkyl or cyclic N) is 1. The van der Waals surface area contributed by atoms with Crippen molar-refractivity contribution < 1.29 is 24.4 Å². The van der Waals surface area contributed by atoms with E-state index in [0.717, 1.165) is 31.7 Å². The van der Waals surface area contributed by atoms with Gasteiger partial charge in [0, 0.05) is 24.2 Å². The molecule has 0 unspecified atom stereocenters. The van der Waals surface area contributed by atoms with Crippen molar-refractivity contribution in [1.29, 1.82) is 0 Å². The van der Waals surface area contributed by atoms with Crippen LogP contribution in [-0.4, -0.2) is 79.9 Å². The summed E-state index contributed by atoms with van der Waals surface area (Å²) in [6, 6.07) is 12.6. The van der Waals surface area contributed by atoms with Gasteiger partial charge in [0.2, 0.25) is 0 Å². The molecule has 0 spiro atoms. The number of ether oxygens (including phenoxy) is 3. The summed E-state index contributed by atoms with van der Waals surface area (Å²) in [5.74, 6) is 1.98. The number of aliphatic hydroxyl groups is 2. The maximum atomic E-state index is 10.3. The number of benzene rings is 2. The molecule has 182 valence electrons. The van der Waals surface area contributed by atoms with Gasteiger partial charge in [0.25, 0.3) is 0 Å². The lowest BCUT2D eigenvalue weighted by molar-refractivity contribution is 0.0556. The summed E-state index contributed by atoms with van der Waals surface area (Å²) < 4.78 is 16.4. The van der Waals surface area contributed by atoms with Crippen LogP contribution in [0.25, 0.3) is 0 Å². The zero-order valence-electron chi connectivity index (χ0n) is 18.8. The van der Waals surface area contributed by atoms with E-state index in [9.17, 15) is 10.2 Å². The van der Waals surface area contributed by atoms with Gasteiger partial charge in [0.1, 0.15) is 42.7 Å². The van der Waals surface area contributed by atoms with Crippen LogP contribution < -0.4 is 19.5 Å². The Hall–Kier alpha value is -1.74. The minimum atomic E-state index is -0.613. The Labute approximate surface area is 205 Å². The van der Waals surface area contributed by atoms with Crippen molar-refractivity contribution in [3.8, 4) is 17.2 Å². The summed E-state index contributed by atoms with van der Waals surface area (Å²) in [5, 5.41) is 24.9.